The Kier molecular flexibility index (Phi) is 6.15. The van der Waals surface area contributed by atoms with Crippen molar-refractivity contribution in [2.45, 2.75) is 44.3 Å². The molecule has 0 bridgehead atoms. The van der Waals surface area contributed by atoms with Crippen molar-refractivity contribution in [2.75, 3.05) is 20.0 Å². The first-order valence-electron chi connectivity index (χ1n) is 10.0. The number of nitrogens with zero attached hydrogens (tertiary/aromatic N) is 2. The molecule has 2 aromatic heterocycles. The van der Waals surface area contributed by atoms with Gasteiger partial charge in [-0.3, -0.25) is 14.2 Å². The number of carbonyl (C=O) groups excluding carboxylic acids is 1. The molecule has 0 unspecified atom stereocenters. The van der Waals surface area contributed by atoms with Gasteiger partial charge in [-0.15, -0.1) is 11.3 Å². The zero-order valence-corrected chi connectivity index (χ0v) is 19.0. The van der Waals surface area contributed by atoms with Gasteiger partial charge in [0.15, 0.2) is 10.9 Å². The van der Waals surface area contributed by atoms with Gasteiger partial charge in [0.1, 0.15) is 16.3 Å². The van der Waals surface area contributed by atoms with Gasteiger partial charge in [-0.05, 0) is 43.4 Å². The number of aryl methyl sites for hydroxylation is 2. The SMILES string of the molecule is CCCn1c(SCC(=O)c2ccc(OC)cc2OC)nc2sc3c(c2c1=O)CCC3. The van der Waals surface area contributed by atoms with Gasteiger partial charge in [0.2, 0.25) is 0 Å². The molecular weight excluding hydrogens is 420 g/mol. The Hall–Kier alpha value is -2.32. The molecule has 0 fully saturated rings. The number of benzene rings is 1. The molecule has 2 heterocycles. The van der Waals surface area contributed by atoms with Gasteiger partial charge in [-0.25, -0.2) is 4.98 Å². The Morgan fingerprint density at radius 2 is 2.10 bits per heavy atom. The van der Waals surface area contributed by atoms with Crippen molar-refractivity contribution >= 4 is 39.1 Å². The third-order valence-electron chi connectivity index (χ3n) is 5.28. The lowest BCUT2D eigenvalue weighted by Gasteiger charge is -2.12. The van der Waals surface area contributed by atoms with E-state index in [2.05, 4.69) is 0 Å². The summed E-state index contributed by atoms with van der Waals surface area (Å²) in [5.41, 5.74) is 1.71. The van der Waals surface area contributed by atoms with E-state index in [-0.39, 0.29) is 17.1 Å². The first-order chi connectivity index (χ1) is 14.6. The fourth-order valence-electron chi connectivity index (χ4n) is 3.83. The number of aromatic nitrogens is 2. The van der Waals surface area contributed by atoms with Crippen LogP contribution in [0.25, 0.3) is 10.2 Å². The molecule has 1 aromatic carbocycles. The van der Waals surface area contributed by atoms with Crippen molar-refractivity contribution < 1.29 is 14.3 Å². The molecule has 158 valence electrons. The zero-order valence-electron chi connectivity index (χ0n) is 17.3. The number of fused-ring (bicyclic) bond motifs is 3. The van der Waals surface area contributed by atoms with Crippen molar-refractivity contribution in [3.63, 3.8) is 0 Å². The Morgan fingerprint density at radius 3 is 2.83 bits per heavy atom. The van der Waals surface area contributed by atoms with Crippen LogP contribution in [0.15, 0.2) is 28.2 Å². The quantitative estimate of drug-likeness (QED) is 0.292. The molecule has 0 amide bonds. The van der Waals surface area contributed by atoms with Gasteiger partial charge < -0.3 is 9.47 Å². The van der Waals surface area contributed by atoms with E-state index in [1.807, 2.05) is 6.92 Å². The minimum Gasteiger partial charge on any atom is -0.497 e. The highest BCUT2D eigenvalue weighted by atomic mass is 32.2. The number of Topliss-reactive ketones (excluding diaryl/α,β-unsaturated/α-hetero) is 1. The van der Waals surface area contributed by atoms with Crippen LogP contribution in [0, 0.1) is 0 Å². The maximum atomic E-state index is 13.2. The van der Waals surface area contributed by atoms with Crippen molar-refractivity contribution in [1.82, 2.24) is 9.55 Å². The molecule has 0 aliphatic heterocycles. The highest BCUT2D eigenvalue weighted by Gasteiger charge is 2.24. The number of thiophene rings is 1. The molecule has 1 aliphatic rings. The standard InChI is InChI=1S/C22H24N2O4S2/c1-4-10-24-21(26)19-15-6-5-7-18(15)30-20(19)23-22(24)29-12-16(25)14-9-8-13(27-2)11-17(14)28-3/h8-9,11H,4-7,10,12H2,1-3H3. The van der Waals surface area contributed by atoms with Crippen molar-refractivity contribution in [3.05, 3.63) is 44.6 Å². The van der Waals surface area contributed by atoms with E-state index >= 15 is 0 Å². The van der Waals surface area contributed by atoms with E-state index in [0.717, 1.165) is 35.9 Å². The first-order valence-corrected chi connectivity index (χ1v) is 11.8. The van der Waals surface area contributed by atoms with E-state index in [0.29, 0.717) is 28.8 Å². The van der Waals surface area contributed by atoms with Crippen LogP contribution in [0.3, 0.4) is 0 Å². The third-order valence-corrected chi connectivity index (χ3v) is 7.44. The summed E-state index contributed by atoms with van der Waals surface area (Å²) < 4.78 is 12.3. The third kappa shape index (κ3) is 3.74. The number of rotatable bonds is 8. The summed E-state index contributed by atoms with van der Waals surface area (Å²) in [7, 11) is 3.10. The van der Waals surface area contributed by atoms with Crippen molar-refractivity contribution in [3.8, 4) is 11.5 Å². The summed E-state index contributed by atoms with van der Waals surface area (Å²) in [4.78, 5) is 33.0. The minimum atomic E-state index is -0.0782. The summed E-state index contributed by atoms with van der Waals surface area (Å²) in [6.45, 7) is 2.63. The molecule has 1 aliphatic carbocycles. The van der Waals surface area contributed by atoms with Crippen LogP contribution in [-0.4, -0.2) is 35.3 Å². The number of carbonyl (C=O) groups is 1. The minimum absolute atomic E-state index is 0.0261. The number of ether oxygens (including phenoxy) is 2. The normalized spacial score (nSPS) is 12.9. The summed E-state index contributed by atoms with van der Waals surface area (Å²) in [6.07, 6.45) is 3.93. The summed E-state index contributed by atoms with van der Waals surface area (Å²) >= 11 is 2.94. The van der Waals surface area contributed by atoms with E-state index in [1.54, 1.807) is 41.2 Å². The van der Waals surface area contributed by atoms with E-state index in [9.17, 15) is 9.59 Å². The average molecular weight is 445 g/mol. The van der Waals surface area contributed by atoms with Crippen molar-refractivity contribution in [2.24, 2.45) is 0 Å². The Morgan fingerprint density at radius 1 is 1.27 bits per heavy atom. The lowest BCUT2D eigenvalue weighted by atomic mass is 10.1. The fourth-order valence-corrected chi connectivity index (χ4v) is 6.04. The maximum absolute atomic E-state index is 13.2. The van der Waals surface area contributed by atoms with Crippen LogP contribution in [0.5, 0.6) is 11.5 Å². The van der Waals surface area contributed by atoms with Crippen LogP contribution < -0.4 is 15.0 Å². The van der Waals surface area contributed by atoms with E-state index < -0.39 is 0 Å². The average Bonchev–Trinajstić information content (AvgIpc) is 3.34. The van der Waals surface area contributed by atoms with Crippen LogP contribution in [0.2, 0.25) is 0 Å². The zero-order chi connectivity index (χ0) is 21.3. The molecule has 3 aromatic rings. The van der Waals surface area contributed by atoms with Crippen LogP contribution in [0.1, 0.15) is 40.6 Å². The first kappa shape index (κ1) is 20.9. The smallest absolute Gasteiger partial charge is 0.263 e. The van der Waals surface area contributed by atoms with Gasteiger partial charge in [0.25, 0.3) is 5.56 Å². The predicted octanol–water partition coefficient (Wildman–Crippen LogP) is 4.35. The molecule has 4 rings (SSSR count). The molecule has 0 radical (unpaired) electrons. The molecular formula is C22H24N2O4S2. The number of methoxy groups -OCH3 is 2. The Labute approximate surface area is 183 Å². The molecule has 0 atom stereocenters. The number of thioether (sulfide) groups is 1. The van der Waals surface area contributed by atoms with Gasteiger partial charge >= 0.3 is 0 Å². The number of hydrogen-bond donors (Lipinski definition) is 0. The van der Waals surface area contributed by atoms with Crippen molar-refractivity contribution in [1.29, 1.82) is 0 Å². The second-order valence-corrected chi connectivity index (χ2v) is 9.19. The van der Waals surface area contributed by atoms with Gasteiger partial charge in [-0.1, -0.05) is 18.7 Å². The summed E-state index contributed by atoms with van der Waals surface area (Å²) in [5, 5.41) is 1.39. The molecule has 0 saturated carbocycles. The van der Waals surface area contributed by atoms with Crippen LogP contribution in [0.4, 0.5) is 0 Å². The molecule has 30 heavy (non-hydrogen) atoms. The van der Waals surface area contributed by atoms with Gasteiger partial charge in [0.05, 0.1) is 30.9 Å². The largest absolute Gasteiger partial charge is 0.497 e. The Balaban J connectivity index is 1.65. The molecule has 6 nitrogen and oxygen atoms in total. The highest BCUT2D eigenvalue weighted by Crippen LogP contribution is 2.36. The predicted molar refractivity (Wildman–Crippen MR) is 121 cm³/mol. The second-order valence-electron chi connectivity index (χ2n) is 7.17. The lowest BCUT2D eigenvalue weighted by Crippen LogP contribution is -2.23. The van der Waals surface area contributed by atoms with Crippen LogP contribution >= 0.6 is 23.1 Å². The Bertz CT molecular complexity index is 1170. The summed E-state index contributed by atoms with van der Waals surface area (Å²) in [5.74, 6) is 1.20. The second kappa shape index (κ2) is 8.81. The molecule has 0 spiro atoms. The lowest BCUT2D eigenvalue weighted by molar-refractivity contribution is 0.101. The summed E-state index contributed by atoms with van der Waals surface area (Å²) in [6, 6.07) is 5.15. The van der Waals surface area contributed by atoms with Gasteiger partial charge in [-0.2, -0.15) is 0 Å². The van der Waals surface area contributed by atoms with Crippen LogP contribution in [-0.2, 0) is 19.4 Å². The molecule has 8 heteroatoms. The maximum Gasteiger partial charge on any atom is 0.263 e. The number of ketones is 1. The fraction of sp³-hybridized carbons (Fsp3) is 0.409. The van der Waals surface area contributed by atoms with E-state index in [4.69, 9.17) is 14.5 Å². The van der Waals surface area contributed by atoms with E-state index in [1.165, 1.54) is 29.3 Å². The van der Waals surface area contributed by atoms with Gasteiger partial charge in [0, 0.05) is 17.5 Å². The highest BCUT2D eigenvalue weighted by molar-refractivity contribution is 7.99. The molecule has 0 N–H and O–H groups in total. The monoisotopic (exact) mass is 444 g/mol. The number of hydrogen-bond acceptors (Lipinski definition) is 7. The topological polar surface area (TPSA) is 70.4 Å². The molecule has 0 saturated heterocycles.